The SMILES string of the molecule is CCN(Cc1ccco1)C(=O)c1cc(Br)ccc1C. The van der Waals surface area contributed by atoms with Crippen LogP contribution in [-0.2, 0) is 6.54 Å². The number of rotatable bonds is 4. The van der Waals surface area contributed by atoms with Gasteiger partial charge in [-0.2, -0.15) is 0 Å². The van der Waals surface area contributed by atoms with E-state index in [9.17, 15) is 4.79 Å². The predicted molar refractivity (Wildman–Crippen MR) is 78.0 cm³/mol. The minimum absolute atomic E-state index is 0.0256. The second kappa shape index (κ2) is 6.06. The number of hydrogen-bond acceptors (Lipinski definition) is 2. The Bertz CT molecular complexity index is 564. The summed E-state index contributed by atoms with van der Waals surface area (Å²) in [7, 11) is 0. The predicted octanol–water partition coefficient (Wildman–Crippen LogP) is 4.01. The molecule has 0 spiro atoms. The van der Waals surface area contributed by atoms with Gasteiger partial charge in [0.25, 0.3) is 5.91 Å². The second-order valence-electron chi connectivity index (χ2n) is 4.36. The highest BCUT2D eigenvalue weighted by atomic mass is 79.9. The number of benzene rings is 1. The number of halogens is 1. The molecule has 0 N–H and O–H groups in total. The van der Waals surface area contributed by atoms with E-state index in [4.69, 9.17) is 4.42 Å². The van der Waals surface area contributed by atoms with E-state index >= 15 is 0 Å². The lowest BCUT2D eigenvalue weighted by atomic mass is 10.1. The Morgan fingerprint density at radius 3 is 2.79 bits per heavy atom. The Morgan fingerprint density at radius 1 is 1.37 bits per heavy atom. The van der Waals surface area contributed by atoms with Gasteiger partial charge in [-0.3, -0.25) is 4.79 Å². The molecule has 0 saturated heterocycles. The van der Waals surface area contributed by atoms with Crippen molar-refractivity contribution >= 4 is 21.8 Å². The first-order valence-electron chi connectivity index (χ1n) is 6.19. The summed E-state index contributed by atoms with van der Waals surface area (Å²) >= 11 is 3.41. The van der Waals surface area contributed by atoms with Crippen molar-refractivity contribution in [2.45, 2.75) is 20.4 Å². The van der Waals surface area contributed by atoms with Crippen LogP contribution in [0.25, 0.3) is 0 Å². The Morgan fingerprint density at radius 2 is 2.16 bits per heavy atom. The highest BCUT2D eigenvalue weighted by Crippen LogP contribution is 2.19. The average molecular weight is 322 g/mol. The van der Waals surface area contributed by atoms with E-state index in [0.29, 0.717) is 13.1 Å². The summed E-state index contributed by atoms with van der Waals surface area (Å²) in [6, 6.07) is 9.46. The molecular formula is C15H16BrNO2. The van der Waals surface area contributed by atoms with Crippen LogP contribution in [0.1, 0.15) is 28.6 Å². The largest absolute Gasteiger partial charge is 0.467 e. The number of aryl methyl sites for hydroxylation is 1. The van der Waals surface area contributed by atoms with Crippen LogP contribution in [0.4, 0.5) is 0 Å². The molecule has 0 unspecified atom stereocenters. The lowest BCUT2D eigenvalue weighted by Gasteiger charge is -2.20. The molecule has 2 rings (SSSR count). The normalized spacial score (nSPS) is 10.5. The van der Waals surface area contributed by atoms with Crippen molar-refractivity contribution in [3.8, 4) is 0 Å². The molecule has 0 fully saturated rings. The van der Waals surface area contributed by atoms with Crippen LogP contribution < -0.4 is 0 Å². The number of hydrogen-bond donors (Lipinski definition) is 0. The van der Waals surface area contributed by atoms with Crippen molar-refractivity contribution in [2.75, 3.05) is 6.54 Å². The smallest absolute Gasteiger partial charge is 0.254 e. The summed E-state index contributed by atoms with van der Waals surface area (Å²) in [6.45, 7) is 5.05. The molecule has 2 aromatic rings. The van der Waals surface area contributed by atoms with Gasteiger partial charge in [-0.1, -0.05) is 22.0 Å². The number of amides is 1. The van der Waals surface area contributed by atoms with Gasteiger partial charge in [-0.25, -0.2) is 0 Å². The summed E-state index contributed by atoms with van der Waals surface area (Å²) in [5, 5.41) is 0. The monoisotopic (exact) mass is 321 g/mol. The highest BCUT2D eigenvalue weighted by molar-refractivity contribution is 9.10. The molecular weight excluding hydrogens is 306 g/mol. The maximum atomic E-state index is 12.5. The van der Waals surface area contributed by atoms with E-state index in [0.717, 1.165) is 21.4 Å². The van der Waals surface area contributed by atoms with Crippen molar-refractivity contribution in [3.05, 3.63) is 58.0 Å². The van der Waals surface area contributed by atoms with E-state index in [-0.39, 0.29) is 5.91 Å². The zero-order valence-corrected chi connectivity index (χ0v) is 12.6. The van der Waals surface area contributed by atoms with Gasteiger partial charge in [-0.15, -0.1) is 0 Å². The lowest BCUT2D eigenvalue weighted by Crippen LogP contribution is -2.30. The third-order valence-corrected chi connectivity index (χ3v) is 3.52. The Kier molecular flexibility index (Phi) is 4.43. The minimum Gasteiger partial charge on any atom is -0.467 e. The standard InChI is InChI=1S/C15H16BrNO2/c1-3-17(10-13-5-4-8-19-13)15(18)14-9-12(16)7-6-11(14)2/h4-9H,3,10H2,1-2H3. The Labute approximate surface area is 121 Å². The molecule has 0 aliphatic heterocycles. The molecule has 0 aliphatic carbocycles. The van der Waals surface area contributed by atoms with E-state index in [1.54, 1.807) is 11.2 Å². The van der Waals surface area contributed by atoms with Crippen LogP contribution in [0.3, 0.4) is 0 Å². The Balaban J connectivity index is 2.23. The molecule has 0 bridgehead atoms. The molecule has 1 amide bonds. The fourth-order valence-electron chi connectivity index (χ4n) is 1.91. The molecule has 1 heterocycles. The van der Waals surface area contributed by atoms with E-state index < -0.39 is 0 Å². The molecule has 0 atom stereocenters. The zero-order chi connectivity index (χ0) is 13.8. The maximum Gasteiger partial charge on any atom is 0.254 e. The molecule has 0 radical (unpaired) electrons. The van der Waals surface area contributed by atoms with Crippen LogP contribution >= 0.6 is 15.9 Å². The fourth-order valence-corrected chi connectivity index (χ4v) is 2.27. The van der Waals surface area contributed by atoms with Crippen LogP contribution in [-0.4, -0.2) is 17.4 Å². The van der Waals surface area contributed by atoms with Crippen LogP contribution in [0.2, 0.25) is 0 Å². The minimum atomic E-state index is 0.0256. The van der Waals surface area contributed by atoms with Gasteiger partial charge in [0.1, 0.15) is 5.76 Å². The molecule has 100 valence electrons. The van der Waals surface area contributed by atoms with Crippen molar-refractivity contribution in [1.29, 1.82) is 0 Å². The summed E-state index contributed by atoms with van der Waals surface area (Å²) in [4.78, 5) is 14.3. The van der Waals surface area contributed by atoms with Crippen molar-refractivity contribution in [1.82, 2.24) is 4.90 Å². The number of nitrogens with zero attached hydrogens (tertiary/aromatic N) is 1. The quantitative estimate of drug-likeness (QED) is 0.852. The molecule has 0 aliphatic rings. The summed E-state index contributed by atoms with van der Waals surface area (Å²) < 4.78 is 6.22. The number of carbonyl (C=O) groups excluding carboxylic acids is 1. The molecule has 1 aromatic heterocycles. The number of carbonyl (C=O) groups is 1. The lowest BCUT2D eigenvalue weighted by molar-refractivity contribution is 0.0740. The third-order valence-electron chi connectivity index (χ3n) is 3.03. The van der Waals surface area contributed by atoms with Gasteiger partial charge in [0.2, 0.25) is 0 Å². The van der Waals surface area contributed by atoms with Crippen LogP contribution in [0.5, 0.6) is 0 Å². The van der Waals surface area contributed by atoms with Crippen LogP contribution in [0, 0.1) is 6.92 Å². The highest BCUT2D eigenvalue weighted by Gasteiger charge is 2.17. The van der Waals surface area contributed by atoms with Crippen molar-refractivity contribution in [2.24, 2.45) is 0 Å². The number of furan rings is 1. The first-order chi connectivity index (χ1) is 9.11. The third kappa shape index (κ3) is 3.26. The van der Waals surface area contributed by atoms with Gasteiger partial charge in [0.15, 0.2) is 0 Å². The molecule has 3 nitrogen and oxygen atoms in total. The summed E-state index contributed by atoms with van der Waals surface area (Å²) in [5.41, 5.74) is 1.70. The average Bonchev–Trinajstić information content (AvgIpc) is 2.91. The van der Waals surface area contributed by atoms with E-state index in [1.807, 2.05) is 44.2 Å². The van der Waals surface area contributed by atoms with Gasteiger partial charge in [0, 0.05) is 16.6 Å². The van der Waals surface area contributed by atoms with E-state index in [2.05, 4.69) is 15.9 Å². The van der Waals surface area contributed by atoms with E-state index in [1.165, 1.54) is 0 Å². The second-order valence-corrected chi connectivity index (χ2v) is 5.27. The summed E-state index contributed by atoms with van der Waals surface area (Å²) in [5.74, 6) is 0.820. The maximum absolute atomic E-state index is 12.5. The first-order valence-corrected chi connectivity index (χ1v) is 6.99. The molecule has 1 aromatic carbocycles. The molecule has 0 saturated carbocycles. The molecule has 4 heteroatoms. The van der Waals surface area contributed by atoms with Crippen molar-refractivity contribution in [3.63, 3.8) is 0 Å². The van der Waals surface area contributed by atoms with Crippen molar-refractivity contribution < 1.29 is 9.21 Å². The molecule has 19 heavy (non-hydrogen) atoms. The first kappa shape index (κ1) is 13.9. The summed E-state index contributed by atoms with van der Waals surface area (Å²) in [6.07, 6.45) is 1.62. The fraction of sp³-hybridized carbons (Fsp3) is 0.267. The topological polar surface area (TPSA) is 33.5 Å². The van der Waals surface area contributed by atoms with Crippen LogP contribution in [0.15, 0.2) is 45.5 Å². The Hall–Kier alpha value is -1.55. The van der Waals surface area contributed by atoms with Gasteiger partial charge >= 0.3 is 0 Å². The van der Waals surface area contributed by atoms with Gasteiger partial charge in [0.05, 0.1) is 12.8 Å². The zero-order valence-electron chi connectivity index (χ0n) is 11.0. The van der Waals surface area contributed by atoms with Gasteiger partial charge in [-0.05, 0) is 43.7 Å². The van der Waals surface area contributed by atoms with Gasteiger partial charge < -0.3 is 9.32 Å².